The number of hydrogen-bond acceptors (Lipinski definition) is 5. The van der Waals surface area contributed by atoms with Gasteiger partial charge in [-0.05, 0) is 31.4 Å². The minimum atomic E-state index is -0.193. The Kier molecular flexibility index (Phi) is 4.13. The Hall–Kier alpha value is -2.38. The van der Waals surface area contributed by atoms with Gasteiger partial charge >= 0.3 is 0 Å². The summed E-state index contributed by atoms with van der Waals surface area (Å²) in [4.78, 5) is 23.9. The second kappa shape index (κ2) is 6.65. The lowest BCUT2D eigenvalue weighted by Crippen LogP contribution is -2.35. The lowest BCUT2D eigenvalue weighted by Gasteiger charge is -2.25. The number of aliphatic hydroxyl groups excluding tert-OH is 1. The first-order valence-corrected chi connectivity index (χ1v) is 10.3. The maximum atomic E-state index is 12.9. The molecule has 140 valence electrons. The molecule has 0 spiro atoms. The van der Waals surface area contributed by atoms with E-state index in [2.05, 4.69) is 10.3 Å². The second-order valence-electron chi connectivity index (χ2n) is 7.44. The first-order valence-electron chi connectivity index (χ1n) is 9.46. The molecular formula is C20H22N4O2S. The van der Waals surface area contributed by atoms with Crippen molar-refractivity contribution >= 4 is 33.3 Å². The number of benzene rings is 1. The normalized spacial score (nSPS) is 22.2. The molecule has 0 saturated heterocycles. The van der Waals surface area contributed by atoms with Gasteiger partial charge in [0.25, 0.3) is 5.91 Å². The number of anilines is 1. The third-order valence-electron chi connectivity index (χ3n) is 5.51. The van der Waals surface area contributed by atoms with Crippen LogP contribution in [0.4, 0.5) is 5.13 Å². The molecule has 3 heterocycles. The van der Waals surface area contributed by atoms with Gasteiger partial charge in [0, 0.05) is 34.8 Å². The number of nitrogens with zero attached hydrogens (tertiary/aromatic N) is 2. The SMILES string of the molecule is O=C(c1cc2ccccc2[nH]1)N1CCc2nc(N[C@H]3CC[C@@H](O)C3)sc2C1. The van der Waals surface area contributed by atoms with E-state index in [1.807, 2.05) is 35.2 Å². The van der Waals surface area contributed by atoms with E-state index in [1.54, 1.807) is 11.3 Å². The van der Waals surface area contributed by atoms with Crippen molar-refractivity contribution in [3.63, 3.8) is 0 Å². The molecule has 1 aliphatic carbocycles. The average molecular weight is 382 g/mol. The molecule has 2 atom stereocenters. The molecular weight excluding hydrogens is 360 g/mol. The van der Waals surface area contributed by atoms with Crippen LogP contribution in [-0.2, 0) is 13.0 Å². The zero-order valence-corrected chi connectivity index (χ0v) is 15.8. The summed E-state index contributed by atoms with van der Waals surface area (Å²) in [5, 5.41) is 15.1. The summed E-state index contributed by atoms with van der Waals surface area (Å²) in [5.41, 5.74) is 2.73. The molecule has 7 heteroatoms. The predicted octanol–water partition coefficient (Wildman–Crippen LogP) is 3.15. The van der Waals surface area contributed by atoms with Crippen molar-refractivity contribution in [3.05, 3.63) is 46.6 Å². The molecule has 1 fully saturated rings. The van der Waals surface area contributed by atoms with E-state index in [-0.39, 0.29) is 12.0 Å². The minimum absolute atomic E-state index is 0.0404. The van der Waals surface area contributed by atoms with Crippen LogP contribution in [0.2, 0.25) is 0 Å². The fraction of sp³-hybridized carbons (Fsp3) is 0.400. The van der Waals surface area contributed by atoms with E-state index in [1.165, 1.54) is 0 Å². The number of para-hydroxylation sites is 1. The highest BCUT2D eigenvalue weighted by Crippen LogP contribution is 2.31. The fourth-order valence-electron chi connectivity index (χ4n) is 4.05. The molecule has 27 heavy (non-hydrogen) atoms. The second-order valence-corrected chi connectivity index (χ2v) is 8.53. The van der Waals surface area contributed by atoms with Gasteiger partial charge in [0.15, 0.2) is 5.13 Å². The molecule has 0 radical (unpaired) electrons. The first-order chi connectivity index (χ1) is 13.2. The fourth-order valence-corrected chi connectivity index (χ4v) is 5.15. The Morgan fingerprint density at radius 2 is 2.22 bits per heavy atom. The lowest BCUT2D eigenvalue weighted by molar-refractivity contribution is 0.0731. The molecule has 2 aromatic heterocycles. The van der Waals surface area contributed by atoms with E-state index in [9.17, 15) is 9.90 Å². The standard InChI is InChI=1S/C20H22N4O2S/c25-14-6-5-13(10-14)21-20-23-16-7-8-24(11-18(16)27-20)19(26)17-9-12-3-1-2-4-15(12)22-17/h1-4,9,13-14,22,25H,5-8,10-11H2,(H,21,23)/t13-,14+/m0/s1. The number of hydrogen-bond donors (Lipinski definition) is 3. The molecule has 3 N–H and O–H groups in total. The van der Waals surface area contributed by atoms with Crippen LogP contribution in [0.5, 0.6) is 0 Å². The Morgan fingerprint density at radius 1 is 1.33 bits per heavy atom. The monoisotopic (exact) mass is 382 g/mol. The van der Waals surface area contributed by atoms with E-state index in [4.69, 9.17) is 4.98 Å². The highest BCUT2D eigenvalue weighted by molar-refractivity contribution is 7.15. The zero-order valence-electron chi connectivity index (χ0n) is 14.9. The number of carbonyl (C=O) groups excluding carboxylic acids is 1. The number of carbonyl (C=O) groups is 1. The average Bonchev–Trinajstić information content (AvgIpc) is 3.38. The summed E-state index contributed by atoms with van der Waals surface area (Å²) < 4.78 is 0. The summed E-state index contributed by atoms with van der Waals surface area (Å²) >= 11 is 1.64. The van der Waals surface area contributed by atoms with E-state index in [0.717, 1.165) is 52.3 Å². The van der Waals surface area contributed by atoms with Crippen molar-refractivity contribution in [1.29, 1.82) is 0 Å². The van der Waals surface area contributed by atoms with Crippen molar-refractivity contribution in [3.8, 4) is 0 Å². The number of aromatic amines is 1. The summed E-state index contributed by atoms with van der Waals surface area (Å²) in [7, 11) is 0. The first kappa shape index (κ1) is 16.8. The highest BCUT2D eigenvalue weighted by Gasteiger charge is 2.28. The number of rotatable bonds is 3. The van der Waals surface area contributed by atoms with Gasteiger partial charge in [0.2, 0.25) is 0 Å². The quantitative estimate of drug-likeness (QED) is 0.650. The summed E-state index contributed by atoms with van der Waals surface area (Å²) in [6.07, 6.45) is 3.22. The van der Waals surface area contributed by atoms with Gasteiger partial charge in [-0.15, -0.1) is 0 Å². The van der Waals surface area contributed by atoms with E-state index >= 15 is 0 Å². The molecule has 3 aromatic rings. The number of aliphatic hydroxyl groups is 1. The van der Waals surface area contributed by atoms with E-state index < -0.39 is 0 Å². The molecule has 6 nitrogen and oxygen atoms in total. The van der Waals surface area contributed by atoms with Crippen molar-refractivity contribution in [2.45, 2.75) is 44.4 Å². The van der Waals surface area contributed by atoms with Gasteiger partial charge < -0.3 is 20.3 Å². The number of fused-ring (bicyclic) bond motifs is 2. The van der Waals surface area contributed by atoms with Crippen LogP contribution in [0.15, 0.2) is 30.3 Å². The lowest BCUT2D eigenvalue weighted by atomic mass is 10.1. The molecule has 1 aliphatic heterocycles. The van der Waals surface area contributed by atoms with Gasteiger partial charge in [-0.2, -0.15) is 0 Å². The van der Waals surface area contributed by atoms with Gasteiger partial charge in [0.05, 0.1) is 18.3 Å². The van der Waals surface area contributed by atoms with Crippen molar-refractivity contribution in [2.24, 2.45) is 0 Å². The Balaban J connectivity index is 1.31. The van der Waals surface area contributed by atoms with Crippen LogP contribution < -0.4 is 5.32 Å². The number of nitrogens with one attached hydrogen (secondary N) is 2. The number of thiazole rings is 1. The van der Waals surface area contributed by atoms with Crippen LogP contribution in [0.3, 0.4) is 0 Å². The van der Waals surface area contributed by atoms with Crippen LogP contribution in [0, 0.1) is 0 Å². The number of H-pyrrole nitrogens is 1. The van der Waals surface area contributed by atoms with Crippen LogP contribution >= 0.6 is 11.3 Å². The van der Waals surface area contributed by atoms with Gasteiger partial charge in [-0.1, -0.05) is 29.5 Å². The third kappa shape index (κ3) is 3.21. The molecule has 1 saturated carbocycles. The van der Waals surface area contributed by atoms with Crippen LogP contribution in [-0.4, -0.2) is 44.6 Å². The maximum absolute atomic E-state index is 12.9. The third-order valence-corrected chi connectivity index (χ3v) is 6.52. The summed E-state index contributed by atoms with van der Waals surface area (Å²) in [5.74, 6) is 0.0404. The maximum Gasteiger partial charge on any atom is 0.270 e. The molecule has 5 rings (SSSR count). The van der Waals surface area contributed by atoms with E-state index in [0.29, 0.717) is 24.8 Å². The molecule has 0 bridgehead atoms. The van der Waals surface area contributed by atoms with Crippen LogP contribution in [0.1, 0.15) is 40.3 Å². The predicted molar refractivity (Wildman–Crippen MR) is 106 cm³/mol. The van der Waals surface area contributed by atoms with Gasteiger partial charge in [-0.3, -0.25) is 4.79 Å². The van der Waals surface area contributed by atoms with Gasteiger partial charge in [0.1, 0.15) is 5.69 Å². The zero-order chi connectivity index (χ0) is 18.4. The summed E-state index contributed by atoms with van der Waals surface area (Å²) in [6.45, 7) is 1.29. The molecule has 0 unspecified atom stereocenters. The van der Waals surface area contributed by atoms with Crippen molar-refractivity contribution < 1.29 is 9.90 Å². The number of amides is 1. The minimum Gasteiger partial charge on any atom is -0.393 e. The Labute approximate surface area is 161 Å². The Morgan fingerprint density at radius 3 is 3.04 bits per heavy atom. The topological polar surface area (TPSA) is 81.2 Å². The van der Waals surface area contributed by atoms with Crippen molar-refractivity contribution in [1.82, 2.24) is 14.9 Å². The largest absolute Gasteiger partial charge is 0.393 e. The number of aromatic nitrogens is 2. The Bertz CT molecular complexity index is 962. The van der Waals surface area contributed by atoms with Crippen LogP contribution in [0.25, 0.3) is 10.9 Å². The smallest absolute Gasteiger partial charge is 0.270 e. The summed E-state index contributed by atoms with van der Waals surface area (Å²) in [6, 6.07) is 10.2. The van der Waals surface area contributed by atoms with Gasteiger partial charge in [-0.25, -0.2) is 4.98 Å². The van der Waals surface area contributed by atoms with Crippen molar-refractivity contribution in [2.75, 3.05) is 11.9 Å². The molecule has 2 aliphatic rings. The highest BCUT2D eigenvalue weighted by atomic mass is 32.1. The molecule has 1 aromatic carbocycles. The molecule has 1 amide bonds.